The molecule has 0 saturated carbocycles. The first kappa shape index (κ1) is 8.90. The van der Waals surface area contributed by atoms with E-state index >= 15 is 0 Å². The van der Waals surface area contributed by atoms with Crippen LogP contribution < -0.4 is 5.43 Å². The molecule has 13 heavy (non-hydrogen) atoms. The molecular formula is C8H11N3S2. The maximum Gasteiger partial charge on any atom is 0.208 e. The molecule has 1 aliphatic rings. The summed E-state index contributed by atoms with van der Waals surface area (Å²) in [7, 11) is 1.98. The highest BCUT2D eigenvalue weighted by Gasteiger charge is 2.38. The van der Waals surface area contributed by atoms with Crippen LogP contribution in [-0.4, -0.2) is 17.8 Å². The van der Waals surface area contributed by atoms with Crippen LogP contribution in [0.1, 0.15) is 11.8 Å². The molecule has 0 fully saturated rings. The minimum atomic E-state index is -0.460. The second-order valence-electron chi connectivity index (χ2n) is 2.98. The van der Waals surface area contributed by atoms with E-state index in [4.69, 9.17) is 0 Å². The quantitative estimate of drug-likeness (QED) is 0.694. The van der Waals surface area contributed by atoms with E-state index in [1.54, 1.807) is 11.3 Å². The van der Waals surface area contributed by atoms with Crippen molar-refractivity contribution in [3.8, 4) is 0 Å². The number of rotatable bonds is 1. The van der Waals surface area contributed by atoms with Gasteiger partial charge >= 0.3 is 0 Å². The molecule has 1 aliphatic heterocycles. The van der Waals surface area contributed by atoms with E-state index < -0.39 is 4.99 Å². The number of nitrogens with one attached hydrogen (secondary N) is 1. The average molecular weight is 213 g/mol. The van der Waals surface area contributed by atoms with Crippen LogP contribution in [0, 0.1) is 0 Å². The lowest BCUT2D eigenvalue weighted by atomic mass is 10.3. The lowest BCUT2D eigenvalue weighted by molar-refractivity contribution is 0.319. The smallest absolute Gasteiger partial charge is 0.208 e. The third-order valence-electron chi connectivity index (χ3n) is 2.21. The van der Waals surface area contributed by atoms with Crippen molar-refractivity contribution >= 4 is 29.8 Å². The van der Waals surface area contributed by atoms with Gasteiger partial charge in [-0.25, -0.2) is 0 Å². The van der Waals surface area contributed by atoms with E-state index in [-0.39, 0.29) is 0 Å². The van der Waals surface area contributed by atoms with Crippen molar-refractivity contribution < 1.29 is 0 Å². The minimum absolute atomic E-state index is 0.460. The predicted molar refractivity (Wildman–Crippen MR) is 59.0 cm³/mol. The molecule has 0 spiro atoms. The van der Waals surface area contributed by atoms with Gasteiger partial charge in [0, 0.05) is 7.05 Å². The van der Waals surface area contributed by atoms with Crippen LogP contribution in [0.25, 0.3) is 0 Å². The Morgan fingerprint density at radius 3 is 2.92 bits per heavy atom. The molecule has 0 amide bonds. The number of amidine groups is 1. The summed E-state index contributed by atoms with van der Waals surface area (Å²) in [6, 6.07) is 4.07. The van der Waals surface area contributed by atoms with Gasteiger partial charge in [0.15, 0.2) is 0 Å². The Labute approximate surface area is 86.9 Å². The molecule has 1 N–H and O–H groups in total. The van der Waals surface area contributed by atoms with E-state index in [2.05, 4.69) is 29.2 Å². The lowest BCUT2D eigenvalue weighted by Crippen LogP contribution is -2.43. The molecule has 2 rings (SSSR count). The van der Waals surface area contributed by atoms with Gasteiger partial charge in [-0.05, 0) is 18.4 Å². The van der Waals surface area contributed by atoms with Crippen molar-refractivity contribution in [3.63, 3.8) is 0 Å². The lowest BCUT2D eigenvalue weighted by Gasteiger charge is -2.30. The molecule has 2 heterocycles. The van der Waals surface area contributed by atoms with Crippen LogP contribution in [0.15, 0.2) is 22.6 Å². The van der Waals surface area contributed by atoms with E-state index in [9.17, 15) is 0 Å². The molecule has 0 unspecified atom stereocenters. The first-order valence-corrected chi connectivity index (χ1v) is 5.29. The Hall–Kier alpha value is -0.680. The second-order valence-corrected chi connectivity index (χ2v) is 4.57. The molecule has 3 nitrogen and oxygen atoms in total. The SMILES string of the molecule is CC1=NN[C@@](S)(c2cccs2)N1C. The summed E-state index contributed by atoms with van der Waals surface area (Å²) >= 11 is 6.27. The van der Waals surface area contributed by atoms with Gasteiger partial charge in [0.25, 0.3) is 0 Å². The molecule has 1 aromatic rings. The molecule has 0 aromatic carbocycles. The van der Waals surface area contributed by atoms with Crippen molar-refractivity contribution in [2.45, 2.75) is 11.9 Å². The van der Waals surface area contributed by atoms with Crippen LogP contribution in [0.2, 0.25) is 0 Å². The van der Waals surface area contributed by atoms with Crippen molar-refractivity contribution in [1.82, 2.24) is 10.3 Å². The van der Waals surface area contributed by atoms with E-state index in [1.165, 1.54) is 0 Å². The fourth-order valence-electron chi connectivity index (χ4n) is 1.24. The van der Waals surface area contributed by atoms with Gasteiger partial charge in [0.2, 0.25) is 4.99 Å². The zero-order valence-electron chi connectivity index (χ0n) is 7.48. The Morgan fingerprint density at radius 1 is 1.69 bits per heavy atom. The number of thiol groups is 1. The second kappa shape index (κ2) is 2.92. The molecule has 0 saturated heterocycles. The number of hydrogen-bond donors (Lipinski definition) is 2. The highest BCUT2D eigenvalue weighted by atomic mass is 32.1. The molecular weight excluding hydrogens is 202 g/mol. The van der Waals surface area contributed by atoms with Gasteiger partial charge in [-0.15, -0.1) is 24.0 Å². The summed E-state index contributed by atoms with van der Waals surface area (Å²) in [5.41, 5.74) is 3.02. The normalized spacial score (nSPS) is 27.3. The minimum Gasteiger partial charge on any atom is -0.325 e. The Morgan fingerprint density at radius 2 is 2.46 bits per heavy atom. The molecule has 70 valence electrons. The van der Waals surface area contributed by atoms with Gasteiger partial charge in [0.05, 0.1) is 4.88 Å². The summed E-state index contributed by atoms with van der Waals surface area (Å²) in [6.07, 6.45) is 0. The summed E-state index contributed by atoms with van der Waals surface area (Å²) in [4.78, 5) is 2.71. The first-order chi connectivity index (χ1) is 6.14. The first-order valence-electron chi connectivity index (χ1n) is 3.96. The van der Waals surface area contributed by atoms with Gasteiger partial charge in [-0.2, -0.15) is 5.10 Å². The molecule has 1 aromatic heterocycles. The summed E-state index contributed by atoms with van der Waals surface area (Å²) in [5.74, 6) is 0.948. The summed E-state index contributed by atoms with van der Waals surface area (Å²) in [5, 5.41) is 6.19. The Bertz CT molecular complexity index is 333. The number of nitrogens with zero attached hydrogens (tertiary/aromatic N) is 2. The van der Waals surface area contributed by atoms with Crippen LogP contribution in [-0.2, 0) is 4.99 Å². The third kappa shape index (κ3) is 1.23. The van der Waals surface area contributed by atoms with Gasteiger partial charge in [-0.1, -0.05) is 6.07 Å². The number of hydrazone groups is 1. The topological polar surface area (TPSA) is 27.6 Å². The number of hydrogen-bond acceptors (Lipinski definition) is 5. The van der Waals surface area contributed by atoms with Crippen molar-refractivity contribution in [1.29, 1.82) is 0 Å². The van der Waals surface area contributed by atoms with E-state index in [0.717, 1.165) is 10.7 Å². The zero-order chi connectivity index (χ0) is 9.47. The maximum atomic E-state index is 4.60. The van der Waals surface area contributed by atoms with Crippen LogP contribution in [0.5, 0.6) is 0 Å². The average Bonchev–Trinajstić information content (AvgIpc) is 2.71. The van der Waals surface area contributed by atoms with Crippen LogP contribution >= 0.6 is 24.0 Å². The maximum absolute atomic E-state index is 4.60. The van der Waals surface area contributed by atoms with Gasteiger partial charge in [-0.3, -0.25) is 5.43 Å². The zero-order valence-corrected chi connectivity index (χ0v) is 9.19. The van der Waals surface area contributed by atoms with Gasteiger partial charge in [0.1, 0.15) is 5.84 Å². The van der Waals surface area contributed by atoms with Crippen molar-refractivity contribution in [3.05, 3.63) is 22.4 Å². The molecule has 0 radical (unpaired) electrons. The third-order valence-corrected chi connectivity index (χ3v) is 3.98. The van der Waals surface area contributed by atoms with E-state index in [1.807, 2.05) is 30.3 Å². The van der Waals surface area contributed by atoms with Crippen molar-refractivity contribution in [2.75, 3.05) is 7.05 Å². The summed E-state index contributed by atoms with van der Waals surface area (Å²) in [6.45, 7) is 1.96. The predicted octanol–water partition coefficient (Wildman–Crippen LogP) is 1.66. The standard InChI is InChI=1S/C8H11N3S2/c1-6-9-10-8(12,11(6)2)7-4-3-5-13-7/h3-5,10,12H,1-2H3/t8-/m0/s1. The highest BCUT2D eigenvalue weighted by molar-refractivity contribution is 7.81. The largest absolute Gasteiger partial charge is 0.325 e. The monoisotopic (exact) mass is 213 g/mol. The Kier molecular flexibility index (Phi) is 2.00. The molecule has 0 bridgehead atoms. The fraction of sp³-hybridized carbons (Fsp3) is 0.375. The van der Waals surface area contributed by atoms with E-state index in [0.29, 0.717) is 0 Å². The van der Waals surface area contributed by atoms with Crippen LogP contribution in [0.4, 0.5) is 0 Å². The fourth-order valence-corrected chi connectivity index (χ4v) is 2.48. The number of thiophene rings is 1. The highest BCUT2D eigenvalue weighted by Crippen LogP contribution is 2.34. The summed E-state index contributed by atoms with van der Waals surface area (Å²) < 4.78 is 0. The molecule has 5 heteroatoms. The van der Waals surface area contributed by atoms with Gasteiger partial charge < -0.3 is 4.90 Å². The van der Waals surface area contributed by atoms with Crippen molar-refractivity contribution in [2.24, 2.45) is 5.10 Å². The molecule has 0 aliphatic carbocycles. The molecule has 1 atom stereocenters. The van der Waals surface area contributed by atoms with Crippen LogP contribution in [0.3, 0.4) is 0 Å². The Balaban J connectivity index is 2.35.